The number of aliphatic hydroxyl groups excluding tert-OH is 11. The Morgan fingerprint density at radius 2 is 1.17 bits per heavy atom. The van der Waals surface area contributed by atoms with Crippen LogP contribution in [0.2, 0.25) is 0 Å². The van der Waals surface area contributed by atoms with E-state index in [9.17, 15) is 56.2 Å². The van der Waals surface area contributed by atoms with Crippen LogP contribution in [0.3, 0.4) is 0 Å². The Kier molecular flexibility index (Phi) is 16.0. The third kappa shape index (κ3) is 9.27. The number of piperidine rings is 1. The van der Waals surface area contributed by atoms with Crippen molar-refractivity contribution in [3.05, 3.63) is 0 Å². The molecule has 10 rings (SSSR count). The van der Waals surface area contributed by atoms with Crippen molar-refractivity contribution < 1.29 is 98.8 Å². The zero-order valence-electron chi connectivity index (χ0n) is 42.4. The van der Waals surface area contributed by atoms with Crippen LogP contribution in [-0.4, -0.2) is 218 Å². The van der Waals surface area contributed by atoms with Crippen molar-refractivity contribution in [3.63, 3.8) is 0 Å². The highest BCUT2D eigenvalue weighted by Crippen LogP contribution is 2.71. The first kappa shape index (κ1) is 54.5. The fourth-order valence-corrected chi connectivity index (χ4v) is 16.2. The lowest BCUT2D eigenvalue weighted by Gasteiger charge is -2.61. The number of rotatable bonds is 11. The van der Waals surface area contributed by atoms with Gasteiger partial charge >= 0.3 is 0 Å². The molecule has 12 N–H and O–H groups in total. The SMILES string of the molecule is C[C@H]1CC[C@]2(NC1)O[C@H]1C[C@H]3[C@@H]4CC[C@H]5C[C@@H](O[C@@H]6O[C@H](CO)[C@H](O[C@H]7O[C@H](CO)[C@@H](O)[C@H](OC8OC[C@@H](C)[C@H](O)[C@H]8O)[C@H]7O[C@@H]7O[C@H](CO)[C@@H](O)[C@H](O)[C@H]7O)[C@H](O)[C@H]6O)CC[C@]5(C)[C@H]4CC[C@]3(C)[C@H]1[C@@H]2C. The maximum absolute atomic E-state index is 11.8. The molecule has 0 aromatic heterocycles. The average Bonchev–Trinajstić information content (AvgIpc) is 3.82. The molecule has 10 aliphatic rings. The highest BCUT2D eigenvalue weighted by atomic mass is 16.8. The van der Waals surface area contributed by atoms with E-state index >= 15 is 0 Å². The van der Waals surface area contributed by atoms with E-state index in [-0.39, 0.29) is 29.3 Å². The summed E-state index contributed by atoms with van der Waals surface area (Å²) >= 11 is 0. The first-order chi connectivity index (χ1) is 34.3. The van der Waals surface area contributed by atoms with Gasteiger partial charge in [-0.05, 0) is 111 Å². The molecule has 0 aromatic rings. The Bertz CT molecular complexity index is 1830. The van der Waals surface area contributed by atoms with Gasteiger partial charge in [-0.15, -0.1) is 0 Å². The summed E-state index contributed by atoms with van der Waals surface area (Å²) < 4.78 is 55.6. The number of hydrogen-bond donors (Lipinski definition) is 12. The molecule has 1 spiro atoms. The summed E-state index contributed by atoms with van der Waals surface area (Å²) in [5.74, 6) is 3.43. The van der Waals surface area contributed by atoms with Crippen LogP contribution in [0.25, 0.3) is 0 Å². The van der Waals surface area contributed by atoms with E-state index < -0.39 is 136 Å². The molecule has 72 heavy (non-hydrogen) atoms. The van der Waals surface area contributed by atoms with Crippen LogP contribution in [-0.2, 0) is 42.6 Å². The molecule has 6 saturated heterocycles. The van der Waals surface area contributed by atoms with Gasteiger partial charge in [0.15, 0.2) is 25.2 Å². The normalized spacial score (nSPS) is 57.8. The van der Waals surface area contributed by atoms with Gasteiger partial charge in [0, 0.05) is 18.4 Å². The third-order valence-corrected chi connectivity index (χ3v) is 20.5. The van der Waals surface area contributed by atoms with E-state index in [1.807, 2.05) is 0 Å². The van der Waals surface area contributed by atoms with Crippen molar-refractivity contribution in [2.24, 2.45) is 58.2 Å². The standard InChI is InChI=1S/C51H85NO20/c1-21-8-13-51(52-16-21)23(3)33-29(72-51)15-28-26-7-6-24-14-25(9-11-49(24,4)27(26)10-12-50(28,33)5)65-46-41(63)38(60)42(32(19-55)68-46)69-48-44(71-47-40(62)37(59)35(57)30(17-53)66-47)43(36(58)31(18-54)67-48)70-45-39(61)34(56)22(2)20-64-45/h21-48,52-63H,6-20H2,1-5H3/t21-,22+,23-,24-,25-,26+,27-,28-,29-,30+,31+,32+,33-,34-,35+,36+,37-,38+,39+,40+,41+,42-,43-,44+,45?,46+,47-,48+,49-,50-,51-/m0/s1. The van der Waals surface area contributed by atoms with Gasteiger partial charge in [0.05, 0.1) is 44.7 Å². The van der Waals surface area contributed by atoms with Crippen molar-refractivity contribution in [1.82, 2.24) is 5.32 Å². The molecule has 21 nitrogen and oxygen atoms in total. The van der Waals surface area contributed by atoms with Crippen molar-refractivity contribution in [3.8, 4) is 0 Å². The zero-order chi connectivity index (χ0) is 51.3. The highest BCUT2D eigenvalue weighted by molar-refractivity contribution is 5.16. The van der Waals surface area contributed by atoms with E-state index in [4.69, 9.17) is 42.6 Å². The van der Waals surface area contributed by atoms with Gasteiger partial charge in [0.2, 0.25) is 0 Å². The molecule has 4 saturated carbocycles. The van der Waals surface area contributed by atoms with Gasteiger partial charge in [-0.2, -0.15) is 0 Å². The lowest BCUT2D eigenvalue weighted by Crippen LogP contribution is -2.68. The molecule has 0 radical (unpaired) electrons. The third-order valence-electron chi connectivity index (χ3n) is 20.5. The second-order valence-electron chi connectivity index (χ2n) is 24.4. The second kappa shape index (κ2) is 21.1. The van der Waals surface area contributed by atoms with Crippen molar-refractivity contribution >= 4 is 0 Å². The van der Waals surface area contributed by atoms with Crippen LogP contribution >= 0.6 is 0 Å². The Morgan fingerprint density at radius 1 is 0.542 bits per heavy atom. The predicted molar refractivity (Wildman–Crippen MR) is 247 cm³/mol. The Labute approximate surface area is 421 Å². The smallest absolute Gasteiger partial charge is 0.187 e. The fourth-order valence-electron chi connectivity index (χ4n) is 16.2. The second-order valence-corrected chi connectivity index (χ2v) is 24.4. The van der Waals surface area contributed by atoms with Crippen LogP contribution in [0.5, 0.6) is 0 Å². The first-order valence-corrected chi connectivity index (χ1v) is 27.2. The van der Waals surface area contributed by atoms with Gasteiger partial charge in [-0.25, -0.2) is 0 Å². The number of fused-ring (bicyclic) bond motifs is 7. The maximum atomic E-state index is 11.8. The Balaban J connectivity index is 0.812. The van der Waals surface area contributed by atoms with E-state index in [2.05, 4.69) is 33.0 Å². The van der Waals surface area contributed by atoms with Crippen molar-refractivity contribution in [2.75, 3.05) is 33.0 Å². The molecule has 414 valence electrons. The highest BCUT2D eigenvalue weighted by Gasteiger charge is 2.69. The van der Waals surface area contributed by atoms with E-state index in [0.717, 1.165) is 51.5 Å². The molecule has 0 aromatic carbocycles. The molecular weight excluding hydrogens is 947 g/mol. The van der Waals surface area contributed by atoms with Gasteiger partial charge in [0.25, 0.3) is 0 Å². The molecular formula is C51H85NO20. The number of aliphatic hydroxyl groups is 11. The number of nitrogens with one attached hydrogen (secondary N) is 1. The number of ether oxygens (including phenoxy) is 9. The van der Waals surface area contributed by atoms with Gasteiger partial charge in [-0.1, -0.05) is 34.6 Å². The summed E-state index contributed by atoms with van der Waals surface area (Å²) in [5, 5.41) is 124. The summed E-state index contributed by atoms with van der Waals surface area (Å²) in [6, 6.07) is 0. The van der Waals surface area contributed by atoms with E-state index in [0.29, 0.717) is 47.5 Å². The van der Waals surface area contributed by atoms with Crippen molar-refractivity contribution in [2.45, 2.75) is 227 Å². The largest absolute Gasteiger partial charge is 0.394 e. The predicted octanol–water partition coefficient (Wildman–Crippen LogP) is -1.42. The summed E-state index contributed by atoms with van der Waals surface area (Å²) in [7, 11) is 0. The Morgan fingerprint density at radius 3 is 1.88 bits per heavy atom. The van der Waals surface area contributed by atoms with Crippen molar-refractivity contribution in [1.29, 1.82) is 0 Å². The molecule has 1 unspecified atom stereocenters. The zero-order valence-corrected chi connectivity index (χ0v) is 42.4. The summed E-state index contributed by atoms with van der Waals surface area (Å²) in [5.41, 5.74) is 0.172. The minimum atomic E-state index is -1.96. The van der Waals surface area contributed by atoms with Gasteiger partial charge < -0.3 is 98.8 Å². The monoisotopic (exact) mass is 1030 g/mol. The molecule has 6 heterocycles. The van der Waals surface area contributed by atoms with Crippen LogP contribution < -0.4 is 5.32 Å². The molecule has 6 aliphatic heterocycles. The molecule has 4 aliphatic carbocycles. The fraction of sp³-hybridized carbons (Fsp3) is 1.00. The lowest BCUT2D eigenvalue weighted by molar-refractivity contribution is -0.403. The summed E-state index contributed by atoms with van der Waals surface area (Å²) in [6.07, 6.45) is -19.4. The summed E-state index contributed by atoms with van der Waals surface area (Å²) in [6.45, 7) is 10.0. The topological polar surface area (TPSA) is 318 Å². The molecule has 0 bridgehead atoms. The Hall–Kier alpha value is -0.840. The van der Waals surface area contributed by atoms with E-state index in [1.54, 1.807) is 6.92 Å². The van der Waals surface area contributed by atoms with Crippen LogP contribution in [0.15, 0.2) is 0 Å². The van der Waals surface area contributed by atoms with Crippen LogP contribution in [0, 0.1) is 58.2 Å². The average molecular weight is 1030 g/mol. The molecule has 10 fully saturated rings. The quantitative estimate of drug-likeness (QED) is 0.106. The van der Waals surface area contributed by atoms with Crippen LogP contribution in [0.4, 0.5) is 0 Å². The lowest BCUT2D eigenvalue weighted by atomic mass is 9.44. The minimum Gasteiger partial charge on any atom is -0.394 e. The molecule has 0 amide bonds. The minimum absolute atomic E-state index is 0.0643. The van der Waals surface area contributed by atoms with Gasteiger partial charge in [0.1, 0.15) is 85.1 Å². The summed E-state index contributed by atoms with van der Waals surface area (Å²) in [4.78, 5) is 0. The molecule has 21 heteroatoms. The first-order valence-electron chi connectivity index (χ1n) is 27.2. The molecule has 31 atom stereocenters. The van der Waals surface area contributed by atoms with Crippen LogP contribution in [0.1, 0.15) is 98.8 Å². The number of hydrogen-bond acceptors (Lipinski definition) is 21. The maximum Gasteiger partial charge on any atom is 0.187 e. The van der Waals surface area contributed by atoms with Gasteiger partial charge in [-0.3, -0.25) is 5.32 Å². The van der Waals surface area contributed by atoms with E-state index in [1.165, 1.54) is 19.3 Å².